The fourth-order valence-electron chi connectivity index (χ4n) is 4.99. The van der Waals surface area contributed by atoms with Crippen molar-refractivity contribution in [3.63, 3.8) is 0 Å². The van der Waals surface area contributed by atoms with Gasteiger partial charge in [0.1, 0.15) is 18.2 Å². The van der Waals surface area contributed by atoms with E-state index in [1.165, 1.54) is 18.3 Å². The van der Waals surface area contributed by atoms with Crippen LogP contribution in [0.3, 0.4) is 0 Å². The third kappa shape index (κ3) is 4.33. The Labute approximate surface area is 229 Å². The van der Waals surface area contributed by atoms with Gasteiger partial charge in [0.25, 0.3) is 5.91 Å². The van der Waals surface area contributed by atoms with E-state index in [0.717, 1.165) is 5.56 Å². The summed E-state index contributed by atoms with van der Waals surface area (Å²) >= 11 is 12.8. The van der Waals surface area contributed by atoms with Crippen molar-refractivity contribution in [2.24, 2.45) is 0 Å². The second-order valence-electron chi connectivity index (χ2n) is 9.57. The van der Waals surface area contributed by atoms with Gasteiger partial charge in [0, 0.05) is 6.54 Å². The maximum Gasteiger partial charge on any atom is 0.315 e. The molecule has 1 atom stereocenters. The third-order valence-electron chi connectivity index (χ3n) is 6.91. The number of amides is 2. The van der Waals surface area contributed by atoms with Crippen molar-refractivity contribution < 1.29 is 23.5 Å². The summed E-state index contributed by atoms with van der Waals surface area (Å²) in [4.78, 5) is 43.3. The van der Waals surface area contributed by atoms with Crippen LogP contribution in [-0.4, -0.2) is 35.3 Å². The summed E-state index contributed by atoms with van der Waals surface area (Å²) < 4.78 is 10.5. The molecule has 0 spiro atoms. The predicted molar refractivity (Wildman–Crippen MR) is 144 cm³/mol. The molecule has 3 aromatic rings. The molecule has 0 saturated carbocycles. The molecule has 0 radical (unpaired) electrons. The zero-order valence-electron chi connectivity index (χ0n) is 21.0. The summed E-state index contributed by atoms with van der Waals surface area (Å²) in [7, 11) is 1.21. The van der Waals surface area contributed by atoms with Crippen LogP contribution in [0.5, 0.6) is 0 Å². The zero-order chi connectivity index (χ0) is 27.2. The van der Waals surface area contributed by atoms with Crippen LogP contribution in [0.4, 0.5) is 11.4 Å². The van der Waals surface area contributed by atoms with Crippen molar-refractivity contribution in [1.29, 1.82) is 0 Å². The molecule has 2 aromatic carbocycles. The van der Waals surface area contributed by atoms with Crippen molar-refractivity contribution in [2.45, 2.75) is 38.4 Å². The number of nitrogens with one attached hydrogen (secondary N) is 1. The molecule has 1 unspecified atom stereocenters. The minimum Gasteiger partial charge on any atom is -0.469 e. The second kappa shape index (κ2) is 9.85. The summed E-state index contributed by atoms with van der Waals surface area (Å²) in [6.07, 6.45) is 0.917. The molecular formula is C28H25Cl2N3O5. The van der Waals surface area contributed by atoms with Crippen molar-refractivity contribution in [1.82, 2.24) is 4.90 Å². The summed E-state index contributed by atoms with van der Waals surface area (Å²) in [5.74, 6) is -1.24. The summed E-state index contributed by atoms with van der Waals surface area (Å²) in [5, 5.41) is 3.86. The first-order chi connectivity index (χ1) is 18.1. The van der Waals surface area contributed by atoms with Gasteiger partial charge in [0.15, 0.2) is 0 Å². The van der Waals surface area contributed by atoms with Crippen molar-refractivity contribution in [3.8, 4) is 0 Å². The number of anilines is 2. The van der Waals surface area contributed by atoms with Gasteiger partial charge in [0.2, 0.25) is 5.91 Å². The molecule has 2 aliphatic rings. The molecule has 1 aromatic heterocycles. The Hall–Kier alpha value is -3.75. The van der Waals surface area contributed by atoms with Gasteiger partial charge in [0.05, 0.1) is 51.6 Å². The highest BCUT2D eigenvalue weighted by Crippen LogP contribution is 2.51. The highest BCUT2D eigenvalue weighted by atomic mass is 35.5. The second-order valence-corrected chi connectivity index (χ2v) is 10.4. The number of furan rings is 1. The average molecular weight is 554 g/mol. The minimum atomic E-state index is -0.990. The van der Waals surface area contributed by atoms with Crippen LogP contribution in [0.25, 0.3) is 0 Å². The van der Waals surface area contributed by atoms with E-state index < -0.39 is 29.9 Å². The topological polar surface area (TPSA) is 92.1 Å². The molecule has 38 heavy (non-hydrogen) atoms. The predicted octanol–water partition coefficient (Wildman–Crippen LogP) is 5.72. The number of halogens is 2. The molecule has 196 valence electrons. The van der Waals surface area contributed by atoms with E-state index in [2.05, 4.69) is 5.32 Å². The molecule has 0 fully saturated rings. The fraction of sp³-hybridized carbons (Fsp3) is 0.250. The summed E-state index contributed by atoms with van der Waals surface area (Å²) in [6, 6.07) is 15.2. The monoisotopic (exact) mass is 553 g/mol. The van der Waals surface area contributed by atoms with Crippen LogP contribution < -0.4 is 10.2 Å². The molecule has 0 saturated heterocycles. The van der Waals surface area contributed by atoms with Gasteiger partial charge < -0.3 is 19.4 Å². The van der Waals surface area contributed by atoms with Crippen molar-refractivity contribution in [2.75, 3.05) is 17.3 Å². The van der Waals surface area contributed by atoms with Gasteiger partial charge in [-0.1, -0.05) is 53.5 Å². The largest absolute Gasteiger partial charge is 0.469 e. The SMILES string of the molecule is COC(=O)CC(=O)N1c2cc(Cl)c(Cl)cc2NC2=C(C(=O)N(Cc3ccccc3)C2(C)C)C1c1ccco1. The minimum absolute atomic E-state index is 0.208. The van der Waals surface area contributed by atoms with Crippen LogP contribution in [0.2, 0.25) is 10.0 Å². The first-order valence-electron chi connectivity index (χ1n) is 11.9. The lowest BCUT2D eigenvalue weighted by atomic mass is 9.95. The number of benzene rings is 2. The van der Waals surface area contributed by atoms with Crippen LogP contribution in [0.15, 0.2) is 76.5 Å². The molecule has 2 amide bonds. The van der Waals surface area contributed by atoms with Crippen molar-refractivity contribution >= 4 is 52.4 Å². The molecule has 0 bridgehead atoms. The van der Waals surface area contributed by atoms with Crippen molar-refractivity contribution in [3.05, 3.63) is 93.5 Å². The molecule has 3 heterocycles. The Morgan fingerprint density at radius 3 is 2.45 bits per heavy atom. The van der Waals surface area contributed by atoms with Gasteiger partial charge in [-0.2, -0.15) is 0 Å². The highest BCUT2D eigenvalue weighted by molar-refractivity contribution is 6.42. The number of hydrogen-bond donors (Lipinski definition) is 1. The third-order valence-corrected chi connectivity index (χ3v) is 7.63. The zero-order valence-corrected chi connectivity index (χ0v) is 22.5. The van der Waals surface area contributed by atoms with E-state index in [1.807, 2.05) is 44.2 Å². The highest BCUT2D eigenvalue weighted by Gasteiger charge is 2.52. The van der Waals surface area contributed by atoms with Crippen LogP contribution in [0.1, 0.15) is 37.6 Å². The van der Waals surface area contributed by atoms with Gasteiger partial charge >= 0.3 is 5.97 Å². The molecule has 0 aliphatic carbocycles. The number of nitrogens with zero attached hydrogens (tertiary/aromatic N) is 2. The van der Waals surface area contributed by atoms with Gasteiger partial charge in [-0.3, -0.25) is 19.3 Å². The average Bonchev–Trinajstić information content (AvgIpc) is 3.44. The Kier molecular flexibility index (Phi) is 6.71. The smallest absolute Gasteiger partial charge is 0.315 e. The number of rotatable bonds is 5. The number of methoxy groups -OCH3 is 1. The van der Waals surface area contributed by atoms with E-state index in [0.29, 0.717) is 34.9 Å². The number of fused-ring (bicyclic) bond motifs is 1. The van der Waals surface area contributed by atoms with E-state index in [4.69, 9.17) is 32.4 Å². The molecule has 8 nitrogen and oxygen atoms in total. The van der Waals surface area contributed by atoms with E-state index in [9.17, 15) is 14.4 Å². The Balaban J connectivity index is 1.73. The number of carbonyl (C=O) groups excluding carboxylic acids is 3. The van der Waals surface area contributed by atoms with Crippen LogP contribution >= 0.6 is 23.2 Å². The molecule has 5 rings (SSSR count). The number of carbonyl (C=O) groups is 3. The first-order valence-corrected chi connectivity index (χ1v) is 12.7. The van der Waals surface area contributed by atoms with Gasteiger partial charge in [-0.05, 0) is 43.7 Å². The standard InChI is InChI=1S/C28H25Cl2N3O5/c1-28(2)26-24(27(36)32(28)15-16-8-5-4-6-9-16)25(21-10-7-11-38-21)33(22(34)14-23(35)37-3)20-13-18(30)17(29)12-19(20)31-26/h4-13,25,31H,14-15H2,1-3H3. The van der Waals surface area contributed by atoms with E-state index in [-0.39, 0.29) is 16.0 Å². The number of hydrogen-bond acceptors (Lipinski definition) is 6. The molecule has 10 heteroatoms. The lowest BCUT2D eigenvalue weighted by Crippen LogP contribution is -2.45. The summed E-state index contributed by atoms with van der Waals surface area (Å²) in [5.41, 5.74) is 1.87. The maximum atomic E-state index is 14.3. The van der Waals surface area contributed by atoms with Gasteiger partial charge in [-0.25, -0.2) is 0 Å². The molecule has 1 N–H and O–H groups in total. The lowest BCUT2D eigenvalue weighted by molar-refractivity contribution is -0.143. The van der Waals surface area contributed by atoms with Crippen LogP contribution in [-0.2, 0) is 25.7 Å². The lowest BCUT2D eigenvalue weighted by Gasteiger charge is -2.36. The quantitative estimate of drug-likeness (QED) is 0.320. The van der Waals surface area contributed by atoms with Gasteiger partial charge in [-0.15, -0.1) is 0 Å². The van der Waals surface area contributed by atoms with E-state index >= 15 is 0 Å². The fourth-order valence-corrected chi connectivity index (χ4v) is 5.32. The Morgan fingerprint density at radius 2 is 1.79 bits per heavy atom. The molecule has 2 aliphatic heterocycles. The summed E-state index contributed by atoms with van der Waals surface area (Å²) in [6.45, 7) is 4.22. The molecular weight excluding hydrogens is 529 g/mol. The maximum absolute atomic E-state index is 14.3. The normalized spacial score (nSPS) is 18.0. The van der Waals surface area contributed by atoms with Crippen LogP contribution in [0, 0.1) is 0 Å². The number of ether oxygens (including phenoxy) is 1. The van der Waals surface area contributed by atoms with E-state index in [1.54, 1.807) is 29.2 Å². The Morgan fingerprint density at radius 1 is 1.08 bits per heavy atom. The Bertz CT molecular complexity index is 1450. The first kappa shape index (κ1) is 25.9. The number of esters is 1.